The molecular formula is C12H8Te. The molecule has 0 fully saturated rings. The summed E-state index contributed by atoms with van der Waals surface area (Å²) in [5.74, 6) is 0. The van der Waals surface area contributed by atoms with Gasteiger partial charge in [-0.1, -0.05) is 0 Å². The summed E-state index contributed by atoms with van der Waals surface area (Å²) in [7, 11) is 0. The molecule has 0 aliphatic rings. The van der Waals surface area contributed by atoms with Crippen molar-refractivity contribution in [1.82, 2.24) is 0 Å². The number of rotatable bonds is 0. The Balaban J connectivity index is 2.57. The van der Waals surface area contributed by atoms with E-state index in [0.29, 0.717) is 0 Å². The van der Waals surface area contributed by atoms with E-state index in [1.54, 1.807) is 0 Å². The zero-order valence-electron chi connectivity index (χ0n) is 7.03. The third-order valence-electron chi connectivity index (χ3n) is 2.34. The SMILES string of the molecule is c1ccc2cc3c[te]cc3cc2c1. The molecule has 0 unspecified atom stereocenters. The van der Waals surface area contributed by atoms with Crippen LogP contribution in [0.4, 0.5) is 0 Å². The molecule has 0 saturated heterocycles. The Hall–Kier alpha value is -0.770. The number of benzene rings is 2. The van der Waals surface area contributed by atoms with Crippen LogP contribution < -0.4 is 0 Å². The monoisotopic (exact) mass is 282 g/mol. The topological polar surface area (TPSA) is 0 Å². The van der Waals surface area contributed by atoms with Gasteiger partial charge >= 0.3 is 86.5 Å². The van der Waals surface area contributed by atoms with E-state index in [0.717, 1.165) is 0 Å². The molecule has 2 aromatic carbocycles. The fraction of sp³-hybridized carbons (Fsp3) is 0. The molecule has 62 valence electrons. The average molecular weight is 280 g/mol. The first-order valence-corrected chi connectivity index (χ1v) is 6.97. The van der Waals surface area contributed by atoms with Crippen molar-refractivity contribution in [1.29, 1.82) is 0 Å². The fourth-order valence-corrected chi connectivity index (χ4v) is 3.86. The number of hydrogen-bond donors (Lipinski definition) is 0. The third kappa shape index (κ3) is 1.20. The van der Waals surface area contributed by atoms with Crippen molar-refractivity contribution < 1.29 is 0 Å². The van der Waals surface area contributed by atoms with Crippen LogP contribution in [-0.2, 0) is 0 Å². The van der Waals surface area contributed by atoms with Crippen LogP contribution in [0.2, 0.25) is 0 Å². The van der Waals surface area contributed by atoms with Gasteiger partial charge in [-0.25, -0.2) is 0 Å². The van der Waals surface area contributed by atoms with Crippen molar-refractivity contribution in [3.63, 3.8) is 0 Å². The minimum atomic E-state index is 0.0367. The molecule has 0 bridgehead atoms. The molecule has 0 amide bonds. The van der Waals surface area contributed by atoms with Gasteiger partial charge in [0.2, 0.25) is 0 Å². The van der Waals surface area contributed by atoms with Crippen molar-refractivity contribution in [2.75, 3.05) is 0 Å². The van der Waals surface area contributed by atoms with Gasteiger partial charge in [0, 0.05) is 0 Å². The molecule has 1 heterocycles. The summed E-state index contributed by atoms with van der Waals surface area (Å²) in [6.45, 7) is 0. The molecule has 0 radical (unpaired) electrons. The standard InChI is InChI=1S/C12H8Te/c1-2-4-10-6-12-8-13-7-11(12)5-9(10)3-1/h1-8H. The van der Waals surface area contributed by atoms with Gasteiger partial charge in [-0.05, 0) is 0 Å². The molecule has 0 nitrogen and oxygen atoms in total. The second kappa shape index (κ2) is 2.87. The van der Waals surface area contributed by atoms with Gasteiger partial charge < -0.3 is 0 Å². The van der Waals surface area contributed by atoms with Crippen LogP contribution in [0.1, 0.15) is 0 Å². The summed E-state index contributed by atoms with van der Waals surface area (Å²) >= 11 is 0.0367. The Morgan fingerprint density at radius 1 is 0.692 bits per heavy atom. The van der Waals surface area contributed by atoms with Gasteiger partial charge in [0.15, 0.2) is 0 Å². The molecule has 0 aliphatic carbocycles. The van der Waals surface area contributed by atoms with E-state index >= 15 is 0 Å². The van der Waals surface area contributed by atoms with E-state index in [2.05, 4.69) is 44.6 Å². The van der Waals surface area contributed by atoms with Crippen molar-refractivity contribution in [3.05, 3.63) is 44.6 Å². The number of hydrogen-bond acceptors (Lipinski definition) is 0. The summed E-state index contributed by atoms with van der Waals surface area (Å²) in [5.41, 5.74) is 0. The van der Waals surface area contributed by atoms with Gasteiger partial charge in [0.25, 0.3) is 0 Å². The average Bonchev–Trinajstić information content (AvgIpc) is 2.61. The van der Waals surface area contributed by atoms with Crippen molar-refractivity contribution in [2.45, 2.75) is 0 Å². The first-order chi connectivity index (χ1) is 6.43. The molecular weight excluding hydrogens is 272 g/mol. The molecule has 1 aromatic heterocycles. The van der Waals surface area contributed by atoms with E-state index in [-0.39, 0.29) is 20.4 Å². The Morgan fingerprint density at radius 3 is 1.77 bits per heavy atom. The zero-order chi connectivity index (χ0) is 8.67. The predicted octanol–water partition coefficient (Wildman–Crippen LogP) is 3.05. The van der Waals surface area contributed by atoms with Crippen LogP contribution in [0, 0.1) is 0 Å². The molecule has 13 heavy (non-hydrogen) atoms. The van der Waals surface area contributed by atoms with Gasteiger partial charge in [0.1, 0.15) is 0 Å². The van der Waals surface area contributed by atoms with Gasteiger partial charge in [-0.15, -0.1) is 0 Å². The minimum absolute atomic E-state index is 0.0367. The summed E-state index contributed by atoms with van der Waals surface area (Å²) in [4.78, 5) is 0. The molecule has 0 spiro atoms. The first-order valence-electron chi connectivity index (χ1n) is 4.28. The Kier molecular flexibility index (Phi) is 1.68. The summed E-state index contributed by atoms with van der Waals surface area (Å²) < 4.78 is 4.82. The second-order valence-corrected chi connectivity index (χ2v) is 5.32. The Bertz CT molecular complexity index is 514. The first kappa shape index (κ1) is 7.62. The molecule has 3 aromatic rings. The van der Waals surface area contributed by atoms with Crippen molar-refractivity contribution in [2.24, 2.45) is 0 Å². The van der Waals surface area contributed by atoms with Gasteiger partial charge in [-0.3, -0.25) is 0 Å². The molecule has 1 heteroatoms. The van der Waals surface area contributed by atoms with Crippen LogP contribution in [0.25, 0.3) is 21.5 Å². The summed E-state index contributed by atoms with van der Waals surface area (Å²) in [5, 5.41) is 5.61. The van der Waals surface area contributed by atoms with Gasteiger partial charge in [-0.2, -0.15) is 0 Å². The normalized spacial score (nSPS) is 11.1. The van der Waals surface area contributed by atoms with Crippen LogP contribution in [0.3, 0.4) is 0 Å². The van der Waals surface area contributed by atoms with Crippen LogP contribution in [0.15, 0.2) is 44.6 Å². The van der Waals surface area contributed by atoms with E-state index in [1.165, 1.54) is 21.5 Å². The molecule has 0 saturated carbocycles. The van der Waals surface area contributed by atoms with Crippen LogP contribution in [0.5, 0.6) is 0 Å². The summed E-state index contributed by atoms with van der Waals surface area (Å²) in [6.07, 6.45) is 0. The van der Waals surface area contributed by atoms with E-state index < -0.39 is 0 Å². The quantitative estimate of drug-likeness (QED) is 0.555. The van der Waals surface area contributed by atoms with Crippen molar-refractivity contribution >= 4 is 42.0 Å². The number of fused-ring (bicyclic) bond motifs is 2. The molecule has 0 atom stereocenters. The van der Waals surface area contributed by atoms with E-state index in [9.17, 15) is 0 Å². The van der Waals surface area contributed by atoms with E-state index in [1.807, 2.05) is 0 Å². The zero-order valence-corrected chi connectivity index (χ0v) is 9.36. The maximum absolute atomic E-state index is 2.41. The third-order valence-corrected chi connectivity index (χ3v) is 4.57. The van der Waals surface area contributed by atoms with Crippen molar-refractivity contribution in [3.8, 4) is 0 Å². The molecule has 0 N–H and O–H groups in total. The van der Waals surface area contributed by atoms with Gasteiger partial charge in [0.05, 0.1) is 0 Å². The predicted molar refractivity (Wildman–Crippen MR) is 58.4 cm³/mol. The second-order valence-electron chi connectivity index (χ2n) is 3.20. The Morgan fingerprint density at radius 2 is 1.23 bits per heavy atom. The Labute approximate surface area is 86.4 Å². The van der Waals surface area contributed by atoms with Crippen LogP contribution >= 0.6 is 0 Å². The van der Waals surface area contributed by atoms with Crippen LogP contribution in [-0.4, -0.2) is 20.4 Å². The summed E-state index contributed by atoms with van der Waals surface area (Å²) in [6, 6.07) is 13.2. The van der Waals surface area contributed by atoms with E-state index in [4.69, 9.17) is 0 Å². The maximum atomic E-state index is 2.41. The fourth-order valence-electron chi connectivity index (χ4n) is 1.66. The molecule has 3 rings (SSSR count). The molecule has 0 aliphatic heterocycles.